The molecule has 14 heavy (non-hydrogen) atoms. The van der Waals surface area contributed by atoms with Gasteiger partial charge >= 0.3 is 0 Å². The SMILES string of the molecule is N=C(N)Cc1cn(C2CCCC2)cn1. The van der Waals surface area contributed by atoms with Crippen molar-refractivity contribution in [2.45, 2.75) is 38.1 Å². The van der Waals surface area contributed by atoms with Crippen molar-refractivity contribution in [2.75, 3.05) is 0 Å². The molecule has 0 bridgehead atoms. The number of imidazole rings is 1. The largest absolute Gasteiger partial charge is 0.387 e. The van der Waals surface area contributed by atoms with Crippen LogP contribution in [0.4, 0.5) is 0 Å². The summed E-state index contributed by atoms with van der Waals surface area (Å²) in [5, 5.41) is 7.18. The summed E-state index contributed by atoms with van der Waals surface area (Å²) in [6, 6.07) is 0.628. The van der Waals surface area contributed by atoms with E-state index in [4.69, 9.17) is 11.1 Å². The molecule has 0 amide bonds. The number of nitrogens with two attached hydrogens (primary N) is 1. The molecule has 1 heterocycles. The summed E-state index contributed by atoms with van der Waals surface area (Å²) in [5.74, 6) is 0.182. The molecule has 0 radical (unpaired) electrons. The standard InChI is InChI=1S/C10H16N4/c11-10(12)5-8-6-14(7-13-8)9-3-1-2-4-9/h6-7,9H,1-5H2,(H3,11,12). The Kier molecular flexibility index (Phi) is 2.52. The highest BCUT2D eigenvalue weighted by Gasteiger charge is 2.16. The number of aromatic nitrogens is 2. The zero-order valence-corrected chi connectivity index (χ0v) is 8.24. The molecule has 1 saturated carbocycles. The summed E-state index contributed by atoms with van der Waals surface area (Å²) in [6.07, 6.45) is 9.53. The molecular weight excluding hydrogens is 176 g/mol. The van der Waals surface area contributed by atoms with Crippen LogP contribution in [0.2, 0.25) is 0 Å². The number of nitrogens with zero attached hydrogens (tertiary/aromatic N) is 2. The fourth-order valence-corrected chi connectivity index (χ4v) is 2.07. The molecule has 3 N–H and O–H groups in total. The molecule has 0 unspecified atom stereocenters. The quantitative estimate of drug-likeness (QED) is 0.562. The number of hydrogen-bond donors (Lipinski definition) is 2. The summed E-state index contributed by atoms with van der Waals surface area (Å²) >= 11 is 0. The van der Waals surface area contributed by atoms with Gasteiger partial charge in [0.1, 0.15) is 0 Å². The highest BCUT2D eigenvalue weighted by Crippen LogP contribution is 2.29. The molecule has 4 nitrogen and oxygen atoms in total. The highest BCUT2D eigenvalue weighted by molar-refractivity contribution is 5.78. The van der Waals surface area contributed by atoms with Crippen LogP contribution in [0, 0.1) is 5.41 Å². The Balaban J connectivity index is 2.05. The van der Waals surface area contributed by atoms with Gasteiger partial charge in [-0.2, -0.15) is 0 Å². The third-order valence-corrected chi connectivity index (χ3v) is 2.77. The smallest absolute Gasteiger partial charge is 0.0966 e. The van der Waals surface area contributed by atoms with E-state index >= 15 is 0 Å². The van der Waals surface area contributed by atoms with E-state index in [1.807, 2.05) is 12.5 Å². The van der Waals surface area contributed by atoms with Gasteiger partial charge < -0.3 is 10.3 Å². The monoisotopic (exact) mass is 192 g/mol. The zero-order chi connectivity index (χ0) is 9.97. The predicted octanol–water partition coefficient (Wildman–Crippen LogP) is 1.48. The molecular formula is C10H16N4. The fraction of sp³-hybridized carbons (Fsp3) is 0.600. The number of hydrogen-bond acceptors (Lipinski definition) is 2. The van der Waals surface area contributed by atoms with Crippen LogP contribution in [-0.4, -0.2) is 15.4 Å². The first kappa shape index (κ1) is 9.24. The third-order valence-electron chi connectivity index (χ3n) is 2.77. The number of amidine groups is 1. The van der Waals surface area contributed by atoms with Gasteiger partial charge in [0.15, 0.2) is 0 Å². The lowest BCUT2D eigenvalue weighted by atomic mass is 10.2. The second-order valence-electron chi connectivity index (χ2n) is 3.95. The predicted molar refractivity (Wildman–Crippen MR) is 55.4 cm³/mol. The Labute approximate surface area is 83.6 Å². The Morgan fingerprint density at radius 1 is 1.57 bits per heavy atom. The van der Waals surface area contributed by atoms with Crippen molar-refractivity contribution in [1.29, 1.82) is 5.41 Å². The first-order valence-electron chi connectivity index (χ1n) is 5.11. The van der Waals surface area contributed by atoms with Gasteiger partial charge in [0.05, 0.1) is 17.9 Å². The molecule has 1 aromatic heterocycles. The molecule has 1 aliphatic carbocycles. The highest BCUT2D eigenvalue weighted by atomic mass is 15.1. The van der Waals surface area contributed by atoms with E-state index in [1.54, 1.807) is 0 Å². The van der Waals surface area contributed by atoms with Gasteiger partial charge in [-0.3, -0.25) is 5.41 Å². The van der Waals surface area contributed by atoms with Crippen LogP contribution in [0.25, 0.3) is 0 Å². The van der Waals surface area contributed by atoms with Crippen LogP contribution in [-0.2, 0) is 6.42 Å². The van der Waals surface area contributed by atoms with Crippen molar-refractivity contribution in [1.82, 2.24) is 9.55 Å². The van der Waals surface area contributed by atoms with Gasteiger partial charge in [-0.25, -0.2) is 4.98 Å². The van der Waals surface area contributed by atoms with E-state index in [9.17, 15) is 0 Å². The van der Waals surface area contributed by atoms with E-state index in [0.29, 0.717) is 12.5 Å². The fourth-order valence-electron chi connectivity index (χ4n) is 2.07. The average Bonchev–Trinajstić information content (AvgIpc) is 2.69. The first-order valence-corrected chi connectivity index (χ1v) is 5.11. The first-order chi connectivity index (χ1) is 6.75. The minimum atomic E-state index is 0.182. The number of nitrogens with one attached hydrogen (secondary N) is 1. The summed E-state index contributed by atoms with van der Waals surface area (Å²) < 4.78 is 2.17. The van der Waals surface area contributed by atoms with Crippen LogP contribution >= 0.6 is 0 Å². The van der Waals surface area contributed by atoms with Gasteiger partial charge in [0.25, 0.3) is 0 Å². The normalized spacial score (nSPS) is 17.4. The van der Waals surface area contributed by atoms with E-state index in [2.05, 4.69) is 9.55 Å². The lowest BCUT2D eigenvalue weighted by Crippen LogP contribution is -2.12. The van der Waals surface area contributed by atoms with Crippen LogP contribution < -0.4 is 5.73 Å². The molecule has 1 aromatic rings. The Bertz CT molecular complexity index is 323. The van der Waals surface area contributed by atoms with E-state index in [1.165, 1.54) is 25.7 Å². The van der Waals surface area contributed by atoms with Crippen molar-refractivity contribution in [3.63, 3.8) is 0 Å². The Hall–Kier alpha value is -1.32. The average molecular weight is 192 g/mol. The molecule has 1 fully saturated rings. The van der Waals surface area contributed by atoms with Gasteiger partial charge in [-0.15, -0.1) is 0 Å². The van der Waals surface area contributed by atoms with E-state index in [0.717, 1.165) is 5.69 Å². The maximum absolute atomic E-state index is 7.18. The number of rotatable bonds is 3. The summed E-state index contributed by atoms with van der Waals surface area (Å²) in [5.41, 5.74) is 6.23. The van der Waals surface area contributed by atoms with Crippen molar-refractivity contribution >= 4 is 5.84 Å². The molecule has 0 aromatic carbocycles. The van der Waals surface area contributed by atoms with E-state index in [-0.39, 0.29) is 5.84 Å². The van der Waals surface area contributed by atoms with Crippen molar-refractivity contribution in [3.05, 3.63) is 18.2 Å². The minimum absolute atomic E-state index is 0.182. The van der Waals surface area contributed by atoms with Crippen molar-refractivity contribution in [2.24, 2.45) is 5.73 Å². The van der Waals surface area contributed by atoms with Gasteiger partial charge in [-0.1, -0.05) is 12.8 Å². The topological polar surface area (TPSA) is 67.7 Å². The maximum Gasteiger partial charge on any atom is 0.0966 e. The molecule has 0 spiro atoms. The molecule has 1 aliphatic rings. The van der Waals surface area contributed by atoms with Crippen LogP contribution in [0.1, 0.15) is 37.4 Å². The minimum Gasteiger partial charge on any atom is -0.387 e. The Morgan fingerprint density at radius 3 is 2.93 bits per heavy atom. The van der Waals surface area contributed by atoms with Gasteiger partial charge in [-0.05, 0) is 12.8 Å². The molecule has 2 rings (SSSR count). The lowest BCUT2D eigenvalue weighted by molar-refractivity contribution is 0.518. The second-order valence-corrected chi connectivity index (χ2v) is 3.95. The molecule has 76 valence electrons. The molecule has 0 saturated heterocycles. The Morgan fingerprint density at radius 2 is 2.29 bits per heavy atom. The van der Waals surface area contributed by atoms with Gasteiger partial charge in [0.2, 0.25) is 0 Å². The lowest BCUT2D eigenvalue weighted by Gasteiger charge is -2.09. The molecule has 4 heteroatoms. The summed E-state index contributed by atoms with van der Waals surface area (Å²) in [4.78, 5) is 4.24. The van der Waals surface area contributed by atoms with Gasteiger partial charge in [0, 0.05) is 18.7 Å². The summed E-state index contributed by atoms with van der Waals surface area (Å²) in [7, 11) is 0. The van der Waals surface area contributed by atoms with E-state index < -0.39 is 0 Å². The van der Waals surface area contributed by atoms with Crippen LogP contribution in [0.3, 0.4) is 0 Å². The van der Waals surface area contributed by atoms with Crippen LogP contribution in [0.5, 0.6) is 0 Å². The van der Waals surface area contributed by atoms with Crippen LogP contribution in [0.15, 0.2) is 12.5 Å². The maximum atomic E-state index is 7.18. The van der Waals surface area contributed by atoms with Crippen molar-refractivity contribution < 1.29 is 0 Å². The van der Waals surface area contributed by atoms with Crippen molar-refractivity contribution in [3.8, 4) is 0 Å². The summed E-state index contributed by atoms with van der Waals surface area (Å²) in [6.45, 7) is 0. The second kappa shape index (κ2) is 3.82. The zero-order valence-electron chi connectivity index (χ0n) is 8.24. The third kappa shape index (κ3) is 1.95. The molecule has 0 aliphatic heterocycles. The molecule has 0 atom stereocenters.